The Morgan fingerprint density at radius 1 is 0.500 bits per heavy atom. The van der Waals surface area contributed by atoms with Crippen LogP contribution in [0.2, 0.25) is 13.1 Å². The van der Waals surface area contributed by atoms with Gasteiger partial charge in [0.25, 0.3) is 0 Å². The van der Waals surface area contributed by atoms with Crippen LogP contribution in [-0.2, 0) is 0 Å². The molecular formula is C30H28N4O3P2Si. The normalized spacial score (nSPS) is 13.6. The van der Waals surface area contributed by atoms with Gasteiger partial charge in [0.05, 0.1) is 0 Å². The lowest BCUT2D eigenvalue weighted by atomic mass is 10.3. The summed E-state index contributed by atoms with van der Waals surface area (Å²) in [5.41, 5.74) is 0. The van der Waals surface area contributed by atoms with E-state index in [1.807, 2.05) is 110 Å². The summed E-state index contributed by atoms with van der Waals surface area (Å²) in [5.74, 6) is 3.01. The first kappa shape index (κ1) is 25.0. The largest absolute Gasteiger partial charge is 0.450 e. The molecule has 7 rings (SSSR count). The van der Waals surface area contributed by atoms with Crippen molar-refractivity contribution in [2.45, 2.75) is 13.1 Å². The summed E-state index contributed by atoms with van der Waals surface area (Å²) in [4.78, 5) is 0. The van der Waals surface area contributed by atoms with E-state index in [4.69, 9.17) is 13.8 Å². The Bertz CT molecular complexity index is 1520. The van der Waals surface area contributed by atoms with Gasteiger partial charge in [-0.25, -0.2) is 0 Å². The van der Waals surface area contributed by atoms with Crippen LogP contribution >= 0.6 is 16.9 Å². The summed E-state index contributed by atoms with van der Waals surface area (Å²) in [7, 11) is -4.57. The highest BCUT2D eigenvalue weighted by Crippen LogP contribution is 2.49. The zero-order chi connectivity index (χ0) is 27.1. The zero-order valence-corrected chi connectivity index (χ0v) is 24.9. The number of rotatable bonds is 8. The van der Waals surface area contributed by atoms with Crippen LogP contribution < -0.4 is 24.2 Å². The molecule has 0 spiro atoms. The fourth-order valence-corrected chi connectivity index (χ4v) is 10.8. The number of hydrogen-bond acceptors (Lipinski definition) is 3. The molecule has 0 amide bonds. The number of ether oxygens (including phenoxy) is 1. The van der Waals surface area contributed by atoms with E-state index in [9.17, 15) is 0 Å². The van der Waals surface area contributed by atoms with Crippen LogP contribution in [0.1, 0.15) is 0 Å². The van der Waals surface area contributed by atoms with Gasteiger partial charge in [0, 0.05) is 49.6 Å². The minimum Gasteiger partial charge on any atom is -0.450 e. The van der Waals surface area contributed by atoms with E-state index in [0.717, 1.165) is 23.0 Å². The van der Waals surface area contributed by atoms with E-state index >= 15 is 0 Å². The minimum atomic E-state index is -2.16. The van der Waals surface area contributed by atoms with Gasteiger partial charge in [0.15, 0.2) is 23.0 Å². The number of hydrogen-bond donors (Lipinski definition) is 0. The summed E-state index contributed by atoms with van der Waals surface area (Å²) in [5, 5.41) is 2.42. The second-order valence-corrected chi connectivity index (χ2v) is 17.5. The average molecular weight is 583 g/mol. The second-order valence-electron chi connectivity index (χ2n) is 9.93. The highest BCUT2D eigenvalue weighted by molar-refractivity contribution is 7.49. The van der Waals surface area contributed by atoms with Gasteiger partial charge in [0.2, 0.25) is 0 Å². The highest BCUT2D eigenvalue weighted by Gasteiger charge is 2.40. The zero-order valence-electron chi connectivity index (χ0n) is 22.1. The highest BCUT2D eigenvalue weighted by atomic mass is 31.2. The van der Waals surface area contributed by atoms with E-state index in [1.165, 1.54) is 10.4 Å². The maximum absolute atomic E-state index is 6.81. The summed E-state index contributed by atoms with van der Waals surface area (Å²) < 4.78 is 28.8. The molecule has 0 saturated carbocycles. The third-order valence-corrected chi connectivity index (χ3v) is 13.9. The molecule has 5 heterocycles. The number of benzene rings is 2. The van der Waals surface area contributed by atoms with Crippen molar-refractivity contribution in [3.05, 3.63) is 135 Å². The first-order valence-corrected chi connectivity index (χ1v) is 18.4. The van der Waals surface area contributed by atoms with Crippen molar-refractivity contribution in [1.82, 2.24) is 17.4 Å². The second kappa shape index (κ2) is 10.2. The molecule has 1 aliphatic heterocycles. The van der Waals surface area contributed by atoms with Crippen molar-refractivity contribution < 1.29 is 13.8 Å². The van der Waals surface area contributed by atoms with Gasteiger partial charge in [-0.15, -0.1) is 0 Å². The third kappa shape index (κ3) is 4.39. The van der Waals surface area contributed by atoms with Crippen LogP contribution in [0.3, 0.4) is 0 Å². The maximum atomic E-state index is 6.81. The molecule has 0 fully saturated rings. The molecular weight excluding hydrogens is 554 g/mol. The minimum absolute atomic E-state index is 0.727. The van der Waals surface area contributed by atoms with Gasteiger partial charge < -0.3 is 13.8 Å². The third-order valence-electron chi connectivity index (χ3n) is 7.01. The first-order valence-electron chi connectivity index (χ1n) is 13.0. The SMILES string of the molecule is C[Si]1(C)c2cccc(OP(n3cccc3)n3cccc3)c2Oc2c(OP(n3cccc3)n3cccc3)cccc21. The molecule has 0 atom stereocenters. The van der Waals surface area contributed by atoms with Crippen molar-refractivity contribution >= 4 is 35.3 Å². The number of para-hydroxylation sites is 2. The molecule has 0 N–H and O–H groups in total. The molecule has 40 heavy (non-hydrogen) atoms. The Hall–Kier alpha value is -3.96. The molecule has 0 radical (unpaired) electrons. The summed E-state index contributed by atoms with van der Waals surface area (Å²) in [6.45, 7) is 4.73. The molecule has 1 aliphatic rings. The Morgan fingerprint density at radius 2 is 0.825 bits per heavy atom. The van der Waals surface area contributed by atoms with Crippen LogP contribution in [0.25, 0.3) is 0 Å². The lowest BCUT2D eigenvalue weighted by molar-refractivity contribution is 0.436. The molecule has 6 aromatic rings. The van der Waals surface area contributed by atoms with Gasteiger partial charge in [-0.3, -0.25) is 17.4 Å². The Labute approximate surface area is 236 Å². The van der Waals surface area contributed by atoms with Crippen molar-refractivity contribution in [3.63, 3.8) is 0 Å². The van der Waals surface area contributed by atoms with Crippen LogP contribution in [-0.4, -0.2) is 25.4 Å². The fraction of sp³-hybridized carbons (Fsp3) is 0.0667. The van der Waals surface area contributed by atoms with E-state index < -0.39 is 25.0 Å². The van der Waals surface area contributed by atoms with Gasteiger partial charge in [0.1, 0.15) is 8.07 Å². The molecule has 7 nitrogen and oxygen atoms in total. The van der Waals surface area contributed by atoms with Crippen molar-refractivity contribution in [3.8, 4) is 23.0 Å². The van der Waals surface area contributed by atoms with E-state index in [1.54, 1.807) is 0 Å². The smallest absolute Gasteiger partial charge is 0.317 e. The van der Waals surface area contributed by atoms with Gasteiger partial charge in [-0.2, -0.15) is 0 Å². The standard InChI is InChI=1S/C30H28N4O3P2Si/c1-40(2)27-15-11-13-25(36-38(31-17-3-4-18-31)32-19-5-6-20-32)29(27)35-30-26(14-12-16-28(30)40)37-39(33-21-7-8-22-33)34-23-9-10-24-34/h3-24H,1-2H3. The van der Waals surface area contributed by atoms with Crippen molar-refractivity contribution in [2.75, 3.05) is 0 Å². The Morgan fingerprint density at radius 3 is 1.15 bits per heavy atom. The first-order chi connectivity index (χ1) is 19.6. The quantitative estimate of drug-likeness (QED) is 0.141. The summed E-state index contributed by atoms with van der Waals surface area (Å²) in [6.07, 6.45) is 16.3. The lowest BCUT2D eigenvalue weighted by Crippen LogP contribution is -2.56. The van der Waals surface area contributed by atoms with Gasteiger partial charge in [-0.05, 0) is 71.0 Å². The van der Waals surface area contributed by atoms with Crippen LogP contribution in [0.4, 0.5) is 0 Å². The summed E-state index contributed by atoms with van der Waals surface area (Å²) in [6, 6.07) is 28.7. The molecule has 2 aromatic carbocycles. The monoisotopic (exact) mass is 582 g/mol. The number of nitrogens with zero attached hydrogens (tertiary/aromatic N) is 4. The average Bonchev–Trinajstić information content (AvgIpc) is 3.79. The topological polar surface area (TPSA) is 47.4 Å². The van der Waals surface area contributed by atoms with E-state index in [-0.39, 0.29) is 0 Å². The van der Waals surface area contributed by atoms with Crippen LogP contribution in [0.15, 0.2) is 135 Å². The molecule has 200 valence electrons. The molecule has 0 unspecified atom stereocenters. The van der Waals surface area contributed by atoms with Crippen molar-refractivity contribution in [1.29, 1.82) is 0 Å². The number of aromatic nitrogens is 4. The van der Waals surface area contributed by atoms with E-state index in [0.29, 0.717) is 0 Å². The predicted molar refractivity (Wildman–Crippen MR) is 164 cm³/mol. The van der Waals surface area contributed by atoms with Crippen LogP contribution in [0.5, 0.6) is 23.0 Å². The van der Waals surface area contributed by atoms with Crippen LogP contribution in [0, 0.1) is 0 Å². The Kier molecular flexibility index (Phi) is 6.39. The van der Waals surface area contributed by atoms with Crippen molar-refractivity contribution in [2.24, 2.45) is 0 Å². The lowest BCUT2D eigenvalue weighted by Gasteiger charge is -2.35. The molecule has 10 heteroatoms. The fourth-order valence-electron chi connectivity index (χ4n) is 4.98. The molecule has 0 aliphatic carbocycles. The van der Waals surface area contributed by atoms with Gasteiger partial charge >= 0.3 is 16.9 Å². The maximum Gasteiger partial charge on any atom is 0.317 e. The van der Waals surface area contributed by atoms with E-state index in [2.05, 4.69) is 54.7 Å². The molecule has 0 bridgehead atoms. The predicted octanol–water partition coefficient (Wildman–Crippen LogP) is 7.23. The molecule has 0 saturated heterocycles. The van der Waals surface area contributed by atoms with Gasteiger partial charge in [-0.1, -0.05) is 37.4 Å². The summed E-state index contributed by atoms with van der Waals surface area (Å²) >= 11 is 0. The molecule has 4 aromatic heterocycles. The number of fused-ring (bicyclic) bond motifs is 2. The Balaban J connectivity index is 1.30.